The third-order valence-electron chi connectivity index (χ3n) is 2.81. The molecule has 1 aromatic rings. The smallest absolute Gasteiger partial charge is 0.221 e. The van der Waals surface area contributed by atoms with Crippen LogP contribution in [0.25, 0.3) is 0 Å². The van der Waals surface area contributed by atoms with Crippen LogP contribution in [0, 0.1) is 0 Å². The van der Waals surface area contributed by atoms with Gasteiger partial charge in [-0.2, -0.15) is 0 Å². The van der Waals surface area contributed by atoms with Crippen molar-refractivity contribution in [3.05, 3.63) is 17.0 Å². The number of ether oxygens (including phenoxy) is 2. The SMILES string of the molecule is CC(C)c1c(Cl)ncnc1OCC1CCCO1. The van der Waals surface area contributed by atoms with E-state index in [1.54, 1.807) is 0 Å². The monoisotopic (exact) mass is 256 g/mol. The van der Waals surface area contributed by atoms with Gasteiger partial charge < -0.3 is 9.47 Å². The van der Waals surface area contributed by atoms with Crippen LogP contribution in [-0.2, 0) is 4.74 Å². The molecule has 1 aliphatic heterocycles. The summed E-state index contributed by atoms with van der Waals surface area (Å²) >= 11 is 6.06. The second-order valence-electron chi connectivity index (χ2n) is 4.48. The standard InChI is InChI=1S/C12H17ClN2O2/c1-8(2)10-11(13)14-7-15-12(10)17-6-9-4-3-5-16-9/h7-9H,3-6H2,1-2H3. The number of hydrogen-bond acceptors (Lipinski definition) is 4. The van der Waals surface area contributed by atoms with Crippen LogP contribution in [0.3, 0.4) is 0 Å². The second-order valence-corrected chi connectivity index (χ2v) is 4.84. The molecule has 1 saturated heterocycles. The number of hydrogen-bond donors (Lipinski definition) is 0. The van der Waals surface area contributed by atoms with E-state index in [0.29, 0.717) is 17.6 Å². The van der Waals surface area contributed by atoms with Gasteiger partial charge in [0.1, 0.15) is 18.1 Å². The van der Waals surface area contributed by atoms with Gasteiger partial charge in [-0.15, -0.1) is 0 Å². The molecule has 1 aromatic heterocycles. The molecule has 0 aromatic carbocycles. The Bertz CT molecular complexity index is 379. The zero-order chi connectivity index (χ0) is 12.3. The first-order valence-electron chi connectivity index (χ1n) is 5.93. The van der Waals surface area contributed by atoms with Gasteiger partial charge in [-0.3, -0.25) is 0 Å². The fraction of sp³-hybridized carbons (Fsp3) is 0.667. The fourth-order valence-corrected chi connectivity index (χ4v) is 2.25. The van der Waals surface area contributed by atoms with Gasteiger partial charge in [0, 0.05) is 6.61 Å². The molecule has 2 rings (SSSR count). The van der Waals surface area contributed by atoms with Gasteiger partial charge in [0.2, 0.25) is 5.88 Å². The highest BCUT2D eigenvalue weighted by molar-refractivity contribution is 6.30. The summed E-state index contributed by atoms with van der Waals surface area (Å²) in [4.78, 5) is 8.13. The molecule has 94 valence electrons. The molecule has 0 aliphatic carbocycles. The lowest BCUT2D eigenvalue weighted by Crippen LogP contribution is -2.17. The van der Waals surface area contributed by atoms with E-state index in [1.807, 2.05) is 13.8 Å². The third kappa shape index (κ3) is 3.07. The lowest BCUT2D eigenvalue weighted by atomic mass is 10.1. The van der Waals surface area contributed by atoms with E-state index < -0.39 is 0 Å². The molecule has 17 heavy (non-hydrogen) atoms. The van der Waals surface area contributed by atoms with Crippen molar-refractivity contribution in [1.82, 2.24) is 9.97 Å². The molecule has 1 fully saturated rings. The Kier molecular flexibility index (Phi) is 4.18. The zero-order valence-corrected chi connectivity index (χ0v) is 10.9. The van der Waals surface area contributed by atoms with E-state index in [1.165, 1.54) is 6.33 Å². The van der Waals surface area contributed by atoms with Crippen LogP contribution < -0.4 is 4.74 Å². The number of halogens is 1. The van der Waals surface area contributed by atoms with E-state index in [-0.39, 0.29) is 12.0 Å². The van der Waals surface area contributed by atoms with Gasteiger partial charge in [-0.1, -0.05) is 25.4 Å². The Hall–Kier alpha value is -0.870. The molecule has 0 radical (unpaired) electrons. The molecule has 5 heteroatoms. The van der Waals surface area contributed by atoms with Gasteiger partial charge in [0.15, 0.2) is 0 Å². The van der Waals surface area contributed by atoms with Gasteiger partial charge in [-0.25, -0.2) is 9.97 Å². The summed E-state index contributed by atoms with van der Waals surface area (Å²) in [5.74, 6) is 0.818. The van der Waals surface area contributed by atoms with Crippen molar-refractivity contribution in [2.24, 2.45) is 0 Å². The molecule has 2 heterocycles. The van der Waals surface area contributed by atoms with E-state index >= 15 is 0 Å². The predicted octanol–water partition coefficient (Wildman–Crippen LogP) is 2.81. The Balaban J connectivity index is 2.06. The van der Waals surface area contributed by atoms with E-state index in [2.05, 4.69) is 9.97 Å². The number of aromatic nitrogens is 2. The van der Waals surface area contributed by atoms with Crippen LogP contribution in [0.4, 0.5) is 0 Å². The third-order valence-corrected chi connectivity index (χ3v) is 3.11. The highest BCUT2D eigenvalue weighted by Gasteiger charge is 2.19. The first kappa shape index (κ1) is 12.6. The van der Waals surface area contributed by atoms with Gasteiger partial charge in [0.05, 0.1) is 11.7 Å². The van der Waals surface area contributed by atoms with Crippen LogP contribution >= 0.6 is 11.6 Å². The Labute approximate surface area is 106 Å². The summed E-state index contributed by atoms with van der Waals surface area (Å²) in [5, 5.41) is 0.470. The van der Waals surface area contributed by atoms with Gasteiger partial charge in [0.25, 0.3) is 0 Å². The Morgan fingerprint density at radius 2 is 2.35 bits per heavy atom. The summed E-state index contributed by atoms with van der Waals surface area (Å²) < 4.78 is 11.2. The average Bonchev–Trinajstić information content (AvgIpc) is 2.78. The van der Waals surface area contributed by atoms with Gasteiger partial charge in [-0.05, 0) is 18.8 Å². The molecule has 1 atom stereocenters. The zero-order valence-electron chi connectivity index (χ0n) is 10.1. The summed E-state index contributed by atoms with van der Waals surface area (Å²) in [6, 6.07) is 0. The maximum absolute atomic E-state index is 6.06. The van der Waals surface area contributed by atoms with Crippen molar-refractivity contribution in [3.8, 4) is 5.88 Å². The summed E-state index contributed by atoms with van der Waals surface area (Å²) in [5.41, 5.74) is 0.868. The Morgan fingerprint density at radius 3 is 3.00 bits per heavy atom. The maximum atomic E-state index is 6.06. The van der Waals surface area contributed by atoms with E-state index in [4.69, 9.17) is 21.1 Å². The summed E-state index contributed by atoms with van der Waals surface area (Å²) in [6.45, 7) is 5.45. The fourth-order valence-electron chi connectivity index (χ4n) is 1.91. The van der Waals surface area contributed by atoms with Crippen molar-refractivity contribution in [2.45, 2.75) is 38.7 Å². The van der Waals surface area contributed by atoms with Gasteiger partial charge >= 0.3 is 0 Å². The first-order valence-corrected chi connectivity index (χ1v) is 6.31. The molecular formula is C12H17ClN2O2. The molecule has 0 spiro atoms. The molecule has 0 N–H and O–H groups in total. The number of nitrogens with zero attached hydrogens (tertiary/aromatic N) is 2. The van der Waals surface area contributed by atoms with Crippen molar-refractivity contribution in [3.63, 3.8) is 0 Å². The molecular weight excluding hydrogens is 240 g/mol. The number of rotatable bonds is 4. The minimum Gasteiger partial charge on any atom is -0.475 e. The van der Waals surface area contributed by atoms with Crippen molar-refractivity contribution in [2.75, 3.05) is 13.2 Å². The first-order chi connectivity index (χ1) is 8.18. The highest BCUT2D eigenvalue weighted by Crippen LogP contribution is 2.29. The van der Waals surface area contributed by atoms with Crippen LogP contribution in [0.1, 0.15) is 38.2 Å². The van der Waals surface area contributed by atoms with Crippen LogP contribution in [0.15, 0.2) is 6.33 Å². The molecule has 1 unspecified atom stereocenters. The van der Waals surface area contributed by atoms with Crippen molar-refractivity contribution < 1.29 is 9.47 Å². The van der Waals surface area contributed by atoms with Crippen LogP contribution in [0.2, 0.25) is 5.15 Å². The van der Waals surface area contributed by atoms with Crippen LogP contribution in [0.5, 0.6) is 5.88 Å². The van der Waals surface area contributed by atoms with Crippen molar-refractivity contribution in [1.29, 1.82) is 0 Å². The average molecular weight is 257 g/mol. The minimum absolute atomic E-state index is 0.184. The predicted molar refractivity (Wildman–Crippen MR) is 65.6 cm³/mol. The summed E-state index contributed by atoms with van der Waals surface area (Å²) in [7, 11) is 0. The largest absolute Gasteiger partial charge is 0.475 e. The quantitative estimate of drug-likeness (QED) is 0.777. The second kappa shape index (κ2) is 5.65. The minimum atomic E-state index is 0.184. The molecule has 0 bridgehead atoms. The summed E-state index contributed by atoms with van der Waals surface area (Å²) in [6.07, 6.45) is 3.77. The van der Waals surface area contributed by atoms with Crippen molar-refractivity contribution >= 4 is 11.6 Å². The molecule has 0 amide bonds. The topological polar surface area (TPSA) is 44.2 Å². The molecule has 1 aliphatic rings. The molecule has 0 saturated carbocycles. The highest BCUT2D eigenvalue weighted by atomic mass is 35.5. The lowest BCUT2D eigenvalue weighted by molar-refractivity contribution is 0.0658. The normalized spacial score (nSPS) is 19.9. The Morgan fingerprint density at radius 1 is 1.53 bits per heavy atom. The lowest BCUT2D eigenvalue weighted by Gasteiger charge is -2.15. The van der Waals surface area contributed by atoms with E-state index in [9.17, 15) is 0 Å². The molecule has 4 nitrogen and oxygen atoms in total. The van der Waals surface area contributed by atoms with E-state index in [0.717, 1.165) is 25.0 Å². The maximum Gasteiger partial charge on any atom is 0.221 e. The van der Waals surface area contributed by atoms with Crippen LogP contribution in [-0.4, -0.2) is 29.3 Å².